The zero-order chi connectivity index (χ0) is 12.3. The highest BCUT2D eigenvalue weighted by atomic mass is 79.9. The van der Waals surface area contributed by atoms with E-state index in [0.29, 0.717) is 13.0 Å². The molecule has 0 fully saturated rings. The van der Waals surface area contributed by atoms with Crippen LogP contribution < -0.4 is 5.32 Å². The minimum atomic E-state index is -0.426. The molecule has 0 saturated heterocycles. The van der Waals surface area contributed by atoms with Gasteiger partial charge in [-0.15, -0.1) is 0 Å². The molecule has 5 nitrogen and oxygen atoms in total. The molecule has 0 aliphatic rings. The number of fused-ring (bicyclic) bond motifs is 1. The van der Waals surface area contributed by atoms with E-state index in [9.17, 15) is 4.79 Å². The van der Waals surface area contributed by atoms with E-state index in [0.717, 1.165) is 15.9 Å². The van der Waals surface area contributed by atoms with Crippen molar-refractivity contribution in [1.82, 2.24) is 14.7 Å². The molecule has 0 radical (unpaired) electrons. The zero-order valence-electron chi connectivity index (χ0n) is 9.31. The lowest BCUT2D eigenvalue weighted by molar-refractivity contribution is 0.171. The Kier molecular flexibility index (Phi) is 3.63. The van der Waals surface area contributed by atoms with Crippen LogP contribution in [0.1, 0.15) is 5.82 Å². The predicted octanol–water partition coefficient (Wildman–Crippen LogP) is 2.00. The first-order valence-electron chi connectivity index (χ1n) is 5.15. The number of hydrogen-bond donors (Lipinski definition) is 1. The van der Waals surface area contributed by atoms with Crippen LogP contribution in [0.25, 0.3) is 5.52 Å². The third-order valence-electron chi connectivity index (χ3n) is 2.38. The summed E-state index contributed by atoms with van der Waals surface area (Å²) in [6.45, 7) is 0.493. The molecule has 6 heteroatoms. The number of amides is 1. The lowest BCUT2D eigenvalue weighted by Gasteiger charge is -2.03. The number of nitrogens with one attached hydrogen (secondary N) is 1. The molecule has 0 bridgehead atoms. The van der Waals surface area contributed by atoms with Gasteiger partial charge in [0.2, 0.25) is 0 Å². The average Bonchev–Trinajstić information content (AvgIpc) is 2.67. The molecule has 0 atom stereocenters. The number of hydrogen-bond acceptors (Lipinski definition) is 3. The summed E-state index contributed by atoms with van der Waals surface area (Å²) < 4.78 is 7.29. The fourth-order valence-electron chi connectivity index (χ4n) is 1.59. The third-order valence-corrected chi connectivity index (χ3v) is 2.96. The van der Waals surface area contributed by atoms with Gasteiger partial charge in [0.15, 0.2) is 0 Å². The maximum atomic E-state index is 10.9. The third kappa shape index (κ3) is 2.58. The lowest BCUT2D eigenvalue weighted by Crippen LogP contribution is -2.25. The first kappa shape index (κ1) is 11.9. The van der Waals surface area contributed by atoms with Gasteiger partial charge in [-0.05, 0) is 28.1 Å². The number of carbonyl (C=O) groups excluding carboxylic acids is 1. The highest BCUT2D eigenvalue weighted by molar-refractivity contribution is 9.10. The van der Waals surface area contributed by atoms with Gasteiger partial charge in [-0.2, -0.15) is 0 Å². The fourth-order valence-corrected chi connectivity index (χ4v) is 2.11. The molecule has 0 spiro atoms. The van der Waals surface area contributed by atoms with E-state index < -0.39 is 6.09 Å². The van der Waals surface area contributed by atoms with Gasteiger partial charge in [0.1, 0.15) is 10.4 Å². The van der Waals surface area contributed by atoms with Crippen molar-refractivity contribution < 1.29 is 9.53 Å². The molecular weight excluding hydrogens is 286 g/mol. The molecule has 17 heavy (non-hydrogen) atoms. The van der Waals surface area contributed by atoms with E-state index in [1.807, 2.05) is 28.8 Å². The Morgan fingerprint density at radius 3 is 3.18 bits per heavy atom. The van der Waals surface area contributed by atoms with E-state index in [-0.39, 0.29) is 0 Å². The normalized spacial score (nSPS) is 10.5. The number of methoxy groups -OCH3 is 1. The molecule has 0 aliphatic carbocycles. The monoisotopic (exact) mass is 297 g/mol. The fraction of sp³-hybridized carbons (Fsp3) is 0.273. The quantitative estimate of drug-likeness (QED) is 0.943. The van der Waals surface area contributed by atoms with Crippen molar-refractivity contribution in [3.05, 3.63) is 34.8 Å². The number of rotatable bonds is 3. The topological polar surface area (TPSA) is 55.6 Å². The molecule has 0 aromatic carbocycles. The van der Waals surface area contributed by atoms with E-state index in [2.05, 4.69) is 31.0 Å². The van der Waals surface area contributed by atoms with Crippen LogP contribution in [0, 0.1) is 0 Å². The van der Waals surface area contributed by atoms with E-state index in [1.165, 1.54) is 7.11 Å². The number of alkyl carbamates (subject to hydrolysis) is 1. The van der Waals surface area contributed by atoms with Crippen molar-refractivity contribution in [1.29, 1.82) is 0 Å². The molecule has 90 valence electrons. The van der Waals surface area contributed by atoms with Crippen LogP contribution in [0.5, 0.6) is 0 Å². The molecule has 1 N–H and O–H groups in total. The Hall–Kier alpha value is -1.56. The van der Waals surface area contributed by atoms with Gasteiger partial charge in [0.05, 0.1) is 12.6 Å². The molecule has 0 aliphatic heterocycles. The summed E-state index contributed by atoms with van der Waals surface area (Å²) in [5.41, 5.74) is 1.01. The molecule has 2 heterocycles. The second kappa shape index (κ2) is 5.18. The summed E-state index contributed by atoms with van der Waals surface area (Å²) in [6.07, 6.45) is 2.16. The standard InChI is InChI=1S/C11H12BrN3O2/c1-17-11(16)13-6-5-9-14-10(12)8-4-2-3-7-15(8)9/h2-4,7H,5-6H2,1H3,(H,13,16). The molecule has 1 amide bonds. The molecule has 0 saturated carbocycles. The molecule has 2 aromatic rings. The van der Waals surface area contributed by atoms with Crippen molar-refractivity contribution in [2.45, 2.75) is 6.42 Å². The Labute approximate surface area is 107 Å². The van der Waals surface area contributed by atoms with E-state index >= 15 is 0 Å². The van der Waals surface area contributed by atoms with Gasteiger partial charge >= 0.3 is 6.09 Å². The van der Waals surface area contributed by atoms with Crippen LogP contribution in [0.4, 0.5) is 4.79 Å². The summed E-state index contributed by atoms with van der Waals surface area (Å²) >= 11 is 3.41. The number of halogens is 1. The molecule has 0 unspecified atom stereocenters. The van der Waals surface area contributed by atoms with Crippen molar-refractivity contribution in [3.63, 3.8) is 0 Å². The lowest BCUT2D eigenvalue weighted by atomic mass is 10.4. The van der Waals surface area contributed by atoms with Gasteiger partial charge in [-0.1, -0.05) is 6.07 Å². The SMILES string of the molecule is COC(=O)NCCc1nc(Br)c2ccccn12. The van der Waals surface area contributed by atoms with Gasteiger partial charge < -0.3 is 14.5 Å². The number of imidazole rings is 1. The smallest absolute Gasteiger partial charge is 0.406 e. The minimum Gasteiger partial charge on any atom is -0.453 e. The van der Waals surface area contributed by atoms with Crippen LogP contribution in [-0.2, 0) is 11.2 Å². The van der Waals surface area contributed by atoms with Gasteiger partial charge in [0.25, 0.3) is 0 Å². The van der Waals surface area contributed by atoms with Crippen LogP contribution in [-0.4, -0.2) is 29.1 Å². The summed E-state index contributed by atoms with van der Waals surface area (Å²) in [5, 5.41) is 2.62. The summed E-state index contributed by atoms with van der Waals surface area (Å²) in [4.78, 5) is 15.3. The van der Waals surface area contributed by atoms with Crippen LogP contribution in [0.2, 0.25) is 0 Å². The van der Waals surface area contributed by atoms with Crippen LogP contribution >= 0.6 is 15.9 Å². The summed E-state index contributed by atoms with van der Waals surface area (Å²) in [6, 6.07) is 5.88. The largest absolute Gasteiger partial charge is 0.453 e. The summed E-state index contributed by atoms with van der Waals surface area (Å²) in [7, 11) is 1.34. The van der Waals surface area contributed by atoms with Crippen molar-refractivity contribution in [2.24, 2.45) is 0 Å². The number of carbonyl (C=O) groups is 1. The average molecular weight is 298 g/mol. The molecule has 2 aromatic heterocycles. The number of nitrogens with zero attached hydrogens (tertiary/aromatic N) is 2. The second-order valence-corrected chi connectivity index (χ2v) is 4.19. The van der Waals surface area contributed by atoms with Gasteiger partial charge in [0, 0.05) is 19.2 Å². The molecule has 2 rings (SSSR count). The van der Waals surface area contributed by atoms with Crippen molar-refractivity contribution >= 4 is 27.5 Å². The Bertz CT molecular complexity index is 538. The van der Waals surface area contributed by atoms with Crippen LogP contribution in [0.3, 0.4) is 0 Å². The highest BCUT2D eigenvalue weighted by Crippen LogP contribution is 2.18. The Balaban J connectivity index is 2.11. The summed E-state index contributed by atoms with van der Waals surface area (Å²) in [5.74, 6) is 0.892. The van der Waals surface area contributed by atoms with Crippen molar-refractivity contribution in [2.75, 3.05) is 13.7 Å². The maximum Gasteiger partial charge on any atom is 0.406 e. The Morgan fingerprint density at radius 1 is 1.59 bits per heavy atom. The van der Waals surface area contributed by atoms with Crippen molar-refractivity contribution in [3.8, 4) is 0 Å². The Morgan fingerprint density at radius 2 is 2.41 bits per heavy atom. The second-order valence-electron chi connectivity index (χ2n) is 3.44. The zero-order valence-corrected chi connectivity index (χ0v) is 10.9. The maximum absolute atomic E-state index is 10.9. The van der Waals surface area contributed by atoms with Gasteiger partial charge in [-0.3, -0.25) is 0 Å². The highest BCUT2D eigenvalue weighted by Gasteiger charge is 2.08. The predicted molar refractivity (Wildman–Crippen MR) is 67.0 cm³/mol. The van der Waals surface area contributed by atoms with Crippen LogP contribution in [0.15, 0.2) is 29.0 Å². The van der Waals surface area contributed by atoms with E-state index in [4.69, 9.17) is 0 Å². The van der Waals surface area contributed by atoms with E-state index in [1.54, 1.807) is 0 Å². The number of ether oxygens (including phenoxy) is 1. The first-order valence-corrected chi connectivity index (χ1v) is 5.95. The van der Waals surface area contributed by atoms with Gasteiger partial charge in [-0.25, -0.2) is 9.78 Å². The first-order chi connectivity index (χ1) is 8.22. The number of aromatic nitrogens is 2. The molecular formula is C11H12BrN3O2. The minimum absolute atomic E-state index is 0.426. The number of pyridine rings is 1.